The number of halogens is 1. The molecule has 0 radical (unpaired) electrons. The number of aliphatic imine (C=N–C) groups is 1. The Morgan fingerprint density at radius 3 is 2.37 bits per heavy atom. The molecule has 2 rings (SSSR count). The fraction of sp³-hybridized carbons (Fsp3) is 0.421. The van der Waals surface area contributed by atoms with Crippen LogP contribution in [0.5, 0.6) is 5.88 Å². The van der Waals surface area contributed by atoms with Crippen molar-refractivity contribution in [1.29, 1.82) is 0 Å². The molecule has 1 heterocycles. The Kier molecular flexibility index (Phi) is 7.38. The summed E-state index contributed by atoms with van der Waals surface area (Å²) in [6.07, 6.45) is 0.452. The number of aromatic amines is 1. The lowest BCUT2D eigenvalue weighted by molar-refractivity contribution is 0.313. The normalized spacial score (nSPS) is 12.0. The van der Waals surface area contributed by atoms with Crippen LogP contribution < -0.4 is 11.2 Å². The number of hydrogen-bond acceptors (Lipinski definition) is 5. The topological polar surface area (TPSA) is 90.7 Å². The average Bonchev–Trinajstić information content (AvgIpc) is 2.65. The smallest absolute Gasteiger partial charge is 0.335 e. The summed E-state index contributed by atoms with van der Waals surface area (Å²) < 4.78 is 1.04. The van der Waals surface area contributed by atoms with Crippen molar-refractivity contribution in [2.45, 2.75) is 27.2 Å². The fourth-order valence-electron chi connectivity index (χ4n) is 2.85. The molecule has 0 spiro atoms. The molecule has 0 saturated heterocycles. The highest BCUT2D eigenvalue weighted by Gasteiger charge is 2.19. The summed E-state index contributed by atoms with van der Waals surface area (Å²) >= 11 is 5.88. The number of hydrogen-bond donors (Lipinski definition) is 2. The number of aromatic nitrogens is 2. The second-order valence-corrected chi connectivity index (χ2v) is 6.41. The van der Waals surface area contributed by atoms with E-state index in [0.717, 1.165) is 24.2 Å². The van der Waals surface area contributed by atoms with Gasteiger partial charge in [-0.1, -0.05) is 32.4 Å². The molecule has 1 aromatic carbocycles. The number of likely N-dealkylation sites (N-methyl/N-ethyl adjacent to an activating group) is 1. The van der Waals surface area contributed by atoms with Crippen LogP contribution in [0, 0.1) is 0 Å². The molecule has 27 heavy (non-hydrogen) atoms. The molecule has 7 nitrogen and oxygen atoms in total. The molecule has 0 aliphatic carbocycles. The van der Waals surface area contributed by atoms with Gasteiger partial charge < -0.3 is 10.0 Å². The van der Waals surface area contributed by atoms with Gasteiger partial charge in [0, 0.05) is 11.6 Å². The first kappa shape index (κ1) is 20.9. The Morgan fingerprint density at radius 1 is 1.19 bits per heavy atom. The Labute approximate surface area is 162 Å². The fourth-order valence-corrected chi connectivity index (χ4v) is 2.97. The zero-order valence-corrected chi connectivity index (χ0v) is 16.6. The highest BCUT2D eigenvalue weighted by molar-refractivity contribution is 6.30. The van der Waals surface area contributed by atoms with Crippen molar-refractivity contribution in [3.05, 3.63) is 55.7 Å². The van der Waals surface area contributed by atoms with Gasteiger partial charge in [-0.2, -0.15) is 0 Å². The van der Waals surface area contributed by atoms with E-state index in [1.54, 1.807) is 24.3 Å². The van der Waals surface area contributed by atoms with Crippen LogP contribution >= 0.6 is 11.6 Å². The third kappa shape index (κ3) is 4.87. The van der Waals surface area contributed by atoms with Gasteiger partial charge in [-0.3, -0.25) is 14.8 Å². The van der Waals surface area contributed by atoms with Crippen molar-refractivity contribution in [3.8, 4) is 11.6 Å². The van der Waals surface area contributed by atoms with E-state index >= 15 is 0 Å². The number of benzene rings is 1. The maximum Gasteiger partial charge on any atom is 0.335 e. The molecule has 0 bridgehead atoms. The predicted molar refractivity (Wildman–Crippen MR) is 109 cm³/mol. The lowest BCUT2D eigenvalue weighted by Gasteiger charge is -2.17. The Morgan fingerprint density at radius 2 is 1.81 bits per heavy atom. The van der Waals surface area contributed by atoms with Crippen molar-refractivity contribution in [1.82, 2.24) is 14.5 Å². The summed E-state index contributed by atoms with van der Waals surface area (Å²) in [5, 5.41) is 11.2. The van der Waals surface area contributed by atoms with Gasteiger partial charge in [0.1, 0.15) is 5.56 Å². The van der Waals surface area contributed by atoms with Gasteiger partial charge in [0.25, 0.3) is 5.56 Å². The van der Waals surface area contributed by atoms with Gasteiger partial charge in [-0.15, -0.1) is 0 Å². The molecule has 0 atom stereocenters. The summed E-state index contributed by atoms with van der Waals surface area (Å²) in [5.74, 6) is -0.422. The first-order chi connectivity index (χ1) is 12.9. The lowest BCUT2D eigenvalue weighted by Crippen LogP contribution is -2.33. The summed E-state index contributed by atoms with van der Waals surface area (Å²) in [4.78, 5) is 33.6. The van der Waals surface area contributed by atoms with Crippen molar-refractivity contribution in [2.24, 2.45) is 4.99 Å². The van der Waals surface area contributed by atoms with E-state index < -0.39 is 17.1 Å². The molecule has 0 aliphatic rings. The van der Waals surface area contributed by atoms with Crippen LogP contribution in [0.15, 0.2) is 38.8 Å². The van der Waals surface area contributed by atoms with Crippen LogP contribution in [0.25, 0.3) is 5.69 Å². The molecular formula is C19H25ClN4O3. The van der Waals surface area contributed by atoms with Gasteiger partial charge >= 0.3 is 5.69 Å². The van der Waals surface area contributed by atoms with E-state index in [1.807, 2.05) is 6.92 Å². The largest absolute Gasteiger partial charge is 0.493 e. The number of aromatic hydroxyl groups is 1. The van der Waals surface area contributed by atoms with Crippen LogP contribution in [0.2, 0.25) is 5.02 Å². The van der Waals surface area contributed by atoms with E-state index in [9.17, 15) is 14.7 Å². The average molecular weight is 393 g/mol. The number of nitrogens with zero attached hydrogens (tertiary/aromatic N) is 3. The molecule has 0 amide bonds. The monoisotopic (exact) mass is 392 g/mol. The predicted octanol–water partition coefficient (Wildman–Crippen LogP) is 2.43. The number of nitrogens with one attached hydrogen (secondary N) is 1. The quantitative estimate of drug-likeness (QED) is 0.675. The molecular weight excluding hydrogens is 368 g/mol. The number of H-pyrrole nitrogens is 1. The summed E-state index contributed by atoms with van der Waals surface area (Å²) in [5.41, 5.74) is -0.485. The molecule has 0 saturated carbocycles. The minimum atomic E-state index is -0.720. The molecule has 8 heteroatoms. The van der Waals surface area contributed by atoms with E-state index in [4.69, 9.17) is 11.6 Å². The van der Waals surface area contributed by atoms with Crippen molar-refractivity contribution < 1.29 is 5.11 Å². The van der Waals surface area contributed by atoms with Gasteiger partial charge in [-0.25, -0.2) is 9.36 Å². The summed E-state index contributed by atoms with van der Waals surface area (Å²) in [7, 11) is 0. The van der Waals surface area contributed by atoms with Crippen molar-refractivity contribution >= 4 is 17.3 Å². The molecule has 1 aromatic heterocycles. The first-order valence-corrected chi connectivity index (χ1v) is 9.40. The highest BCUT2D eigenvalue weighted by atomic mass is 35.5. The van der Waals surface area contributed by atoms with Gasteiger partial charge in [0.05, 0.1) is 17.9 Å². The standard InChI is InChI=1S/C19H25ClN4O3/c1-4-15(21-11-12-23(5-2)6-3)16-17(25)22-19(27)24(18(16)26)14-9-7-13(20)8-10-14/h7-10,26H,4-6,11-12H2,1-3H3,(H,22,25,27). The molecule has 146 valence electrons. The molecule has 0 fully saturated rings. The zero-order valence-electron chi connectivity index (χ0n) is 15.8. The number of rotatable bonds is 8. The van der Waals surface area contributed by atoms with Crippen LogP contribution in [-0.2, 0) is 0 Å². The molecule has 0 unspecified atom stereocenters. The minimum Gasteiger partial charge on any atom is -0.493 e. The van der Waals surface area contributed by atoms with Crippen molar-refractivity contribution in [3.63, 3.8) is 0 Å². The van der Waals surface area contributed by atoms with Crippen LogP contribution in [0.3, 0.4) is 0 Å². The summed E-state index contributed by atoms with van der Waals surface area (Å²) in [6, 6.07) is 6.39. The second kappa shape index (κ2) is 9.53. The summed E-state index contributed by atoms with van der Waals surface area (Å²) in [6.45, 7) is 9.10. The highest BCUT2D eigenvalue weighted by Crippen LogP contribution is 2.19. The van der Waals surface area contributed by atoms with E-state index in [0.29, 0.717) is 29.4 Å². The lowest BCUT2D eigenvalue weighted by atomic mass is 10.1. The maximum atomic E-state index is 12.4. The van der Waals surface area contributed by atoms with Crippen LogP contribution in [0.4, 0.5) is 0 Å². The van der Waals surface area contributed by atoms with E-state index in [2.05, 4.69) is 28.7 Å². The van der Waals surface area contributed by atoms with Gasteiger partial charge in [-0.05, 0) is 43.8 Å². The third-order valence-corrected chi connectivity index (χ3v) is 4.66. The van der Waals surface area contributed by atoms with Crippen molar-refractivity contribution in [2.75, 3.05) is 26.2 Å². The molecule has 2 aromatic rings. The maximum absolute atomic E-state index is 12.4. The minimum absolute atomic E-state index is 0.0200. The van der Waals surface area contributed by atoms with Gasteiger partial charge in [0.2, 0.25) is 5.88 Å². The third-order valence-electron chi connectivity index (χ3n) is 4.41. The van der Waals surface area contributed by atoms with Gasteiger partial charge in [0.15, 0.2) is 0 Å². The second-order valence-electron chi connectivity index (χ2n) is 5.98. The first-order valence-electron chi connectivity index (χ1n) is 9.03. The van der Waals surface area contributed by atoms with Crippen LogP contribution in [0.1, 0.15) is 32.8 Å². The Balaban J connectivity index is 2.49. The van der Waals surface area contributed by atoms with E-state index in [-0.39, 0.29) is 5.56 Å². The molecule has 0 aliphatic heterocycles. The Hall–Kier alpha value is -2.38. The zero-order chi connectivity index (χ0) is 20.0. The van der Waals surface area contributed by atoms with E-state index in [1.165, 1.54) is 0 Å². The SMILES string of the molecule is CCC(=NCCN(CC)CC)c1c(O)n(-c2ccc(Cl)cc2)c(=O)[nH]c1=O. The Bertz CT molecular complexity index is 912. The van der Waals surface area contributed by atoms with Crippen LogP contribution in [-0.4, -0.2) is 51.4 Å². The molecule has 2 N–H and O–H groups in total.